The van der Waals surface area contributed by atoms with Crippen LogP contribution < -0.4 is 0 Å². The first-order valence-electron chi connectivity index (χ1n) is 8.25. The molecule has 2 heterocycles. The molecular formula is C16H25N3O3. The first-order valence-corrected chi connectivity index (χ1v) is 8.25. The van der Waals surface area contributed by atoms with E-state index in [0.717, 1.165) is 12.8 Å². The van der Waals surface area contributed by atoms with E-state index in [1.807, 2.05) is 4.90 Å². The zero-order valence-electron chi connectivity index (χ0n) is 13.5. The average molecular weight is 307 g/mol. The molecule has 22 heavy (non-hydrogen) atoms. The highest BCUT2D eigenvalue weighted by Gasteiger charge is 2.36. The lowest BCUT2D eigenvalue weighted by molar-refractivity contribution is -0.143. The average Bonchev–Trinajstić information content (AvgIpc) is 2.94. The number of hydrogen-bond donors (Lipinski definition) is 0. The summed E-state index contributed by atoms with van der Waals surface area (Å²) < 4.78 is 10.6. The number of ether oxygens (including phenoxy) is 1. The third-order valence-electron chi connectivity index (χ3n) is 4.93. The Balaban J connectivity index is 1.71. The summed E-state index contributed by atoms with van der Waals surface area (Å²) in [4.78, 5) is 19.0. The van der Waals surface area contributed by atoms with Gasteiger partial charge in [0.15, 0.2) is 5.82 Å². The molecule has 2 fully saturated rings. The fourth-order valence-electron chi connectivity index (χ4n) is 3.62. The number of nitrogens with zero attached hydrogens (tertiary/aromatic N) is 3. The molecule has 1 saturated carbocycles. The van der Waals surface area contributed by atoms with Gasteiger partial charge in [-0.2, -0.15) is 4.98 Å². The summed E-state index contributed by atoms with van der Waals surface area (Å²) >= 11 is 0. The number of aromatic nitrogens is 2. The minimum absolute atomic E-state index is 0.144. The minimum Gasteiger partial charge on any atom is -0.377 e. The number of aryl methyl sites for hydroxylation is 1. The number of hydrogen-bond acceptors (Lipinski definition) is 5. The highest BCUT2D eigenvalue weighted by atomic mass is 16.5. The minimum atomic E-state index is -0.217. The van der Waals surface area contributed by atoms with Crippen molar-refractivity contribution in [2.75, 3.05) is 19.8 Å². The molecule has 3 rings (SSSR count). The molecule has 1 amide bonds. The van der Waals surface area contributed by atoms with E-state index in [9.17, 15) is 4.79 Å². The van der Waals surface area contributed by atoms with Crippen molar-refractivity contribution < 1.29 is 14.1 Å². The molecule has 1 unspecified atom stereocenters. The number of amides is 1. The van der Waals surface area contributed by atoms with Crippen LogP contribution in [0, 0.1) is 12.3 Å². The van der Waals surface area contributed by atoms with E-state index < -0.39 is 0 Å². The van der Waals surface area contributed by atoms with Gasteiger partial charge in [0.05, 0.1) is 13.2 Å². The fraction of sp³-hybridized carbons (Fsp3) is 0.812. The largest absolute Gasteiger partial charge is 0.377 e. The predicted octanol–water partition coefficient (Wildman–Crippen LogP) is 2.64. The highest BCUT2D eigenvalue weighted by Crippen LogP contribution is 2.39. The number of carbonyl (C=O) groups excluding carboxylic acids is 1. The Bertz CT molecular complexity index is 522. The normalized spacial score (nSPS) is 25.2. The standard InChI is InChI=1S/C16H25N3O3/c1-12-17-15(18-22-12)13-11-21-9-8-19(13)14(20)10-16(2)6-4-3-5-7-16/h13H,3-11H2,1-2H3. The van der Waals surface area contributed by atoms with Crippen LogP contribution in [0.4, 0.5) is 0 Å². The van der Waals surface area contributed by atoms with E-state index in [-0.39, 0.29) is 17.4 Å². The van der Waals surface area contributed by atoms with Crippen molar-refractivity contribution in [2.24, 2.45) is 5.41 Å². The summed E-state index contributed by atoms with van der Waals surface area (Å²) in [6.07, 6.45) is 6.68. The number of rotatable bonds is 3. The smallest absolute Gasteiger partial charge is 0.223 e. The van der Waals surface area contributed by atoms with Crippen molar-refractivity contribution >= 4 is 5.91 Å². The summed E-state index contributed by atoms with van der Waals surface area (Å²) in [5.41, 5.74) is 0.144. The second-order valence-electron chi connectivity index (χ2n) is 6.90. The fourth-order valence-corrected chi connectivity index (χ4v) is 3.62. The monoisotopic (exact) mass is 307 g/mol. The van der Waals surface area contributed by atoms with E-state index in [0.29, 0.717) is 37.9 Å². The molecule has 1 aromatic heterocycles. The first-order chi connectivity index (χ1) is 10.6. The molecule has 6 heteroatoms. The van der Waals surface area contributed by atoms with Gasteiger partial charge in [-0.05, 0) is 18.3 Å². The molecule has 0 N–H and O–H groups in total. The van der Waals surface area contributed by atoms with Gasteiger partial charge in [0.1, 0.15) is 6.04 Å². The SMILES string of the molecule is Cc1nc(C2COCCN2C(=O)CC2(C)CCCCC2)no1. The van der Waals surface area contributed by atoms with Crippen molar-refractivity contribution in [1.82, 2.24) is 15.0 Å². The lowest BCUT2D eigenvalue weighted by atomic mass is 9.73. The van der Waals surface area contributed by atoms with Crippen molar-refractivity contribution in [1.29, 1.82) is 0 Å². The molecule has 1 saturated heterocycles. The molecule has 1 atom stereocenters. The Kier molecular flexibility index (Phi) is 4.47. The van der Waals surface area contributed by atoms with Gasteiger partial charge in [-0.1, -0.05) is 31.3 Å². The van der Waals surface area contributed by atoms with Gasteiger partial charge in [0.2, 0.25) is 11.8 Å². The van der Waals surface area contributed by atoms with Crippen LogP contribution in [0.15, 0.2) is 4.52 Å². The lowest BCUT2D eigenvalue weighted by Crippen LogP contribution is -2.45. The summed E-state index contributed by atoms with van der Waals surface area (Å²) in [7, 11) is 0. The number of morpholine rings is 1. The van der Waals surface area contributed by atoms with Crippen LogP contribution in [0.5, 0.6) is 0 Å². The van der Waals surface area contributed by atoms with E-state index in [4.69, 9.17) is 9.26 Å². The second-order valence-corrected chi connectivity index (χ2v) is 6.90. The van der Waals surface area contributed by atoms with Crippen molar-refractivity contribution in [2.45, 2.75) is 58.4 Å². The maximum atomic E-state index is 12.8. The van der Waals surface area contributed by atoms with Crippen molar-refractivity contribution in [3.8, 4) is 0 Å². The van der Waals surface area contributed by atoms with Gasteiger partial charge < -0.3 is 14.2 Å². The molecule has 0 bridgehead atoms. The molecule has 0 radical (unpaired) electrons. The molecule has 0 spiro atoms. The van der Waals surface area contributed by atoms with E-state index in [2.05, 4.69) is 17.1 Å². The Morgan fingerprint density at radius 2 is 2.14 bits per heavy atom. The third kappa shape index (κ3) is 3.32. The maximum absolute atomic E-state index is 12.8. The molecule has 1 aromatic rings. The second kappa shape index (κ2) is 6.36. The molecule has 1 aliphatic heterocycles. The Labute approximate surface area is 131 Å². The molecule has 2 aliphatic rings. The van der Waals surface area contributed by atoms with Crippen LogP contribution >= 0.6 is 0 Å². The summed E-state index contributed by atoms with van der Waals surface area (Å²) in [6.45, 7) is 5.64. The van der Waals surface area contributed by atoms with Crippen LogP contribution in [0.3, 0.4) is 0 Å². The Morgan fingerprint density at radius 1 is 1.36 bits per heavy atom. The van der Waals surface area contributed by atoms with E-state index >= 15 is 0 Å². The molecule has 6 nitrogen and oxygen atoms in total. The van der Waals surface area contributed by atoms with Crippen LogP contribution in [0.25, 0.3) is 0 Å². The van der Waals surface area contributed by atoms with Crippen molar-refractivity contribution in [3.05, 3.63) is 11.7 Å². The van der Waals surface area contributed by atoms with Gasteiger partial charge in [0, 0.05) is 19.9 Å². The van der Waals surface area contributed by atoms with E-state index in [1.54, 1.807) is 6.92 Å². The summed E-state index contributed by atoms with van der Waals surface area (Å²) in [5, 5.41) is 3.98. The Hall–Kier alpha value is -1.43. The predicted molar refractivity (Wildman–Crippen MR) is 80.1 cm³/mol. The van der Waals surface area contributed by atoms with Crippen LogP contribution in [-0.4, -0.2) is 40.7 Å². The molecule has 1 aliphatic carbocycles. The zero-order valence-corrected chi connectivity index (χ0v) is 13.5. The summed E-state index contributed by atoms with van der Waals surface area (Å²) in [6, 6.07) is -0.217. The quantitative estimate of drug-likeness (QED) is 0.858. The Morgan fingerprint density at radius 3 is 2.82 bits per heavy atom. The van der Waals surface area contributed by atoms with Gasteiger partial charge in [0.25, 0.3) is 0 Å². The van der Waals surface area contributed by atoms with Crippen LogP contribution in [-0.2, 0) is 9.53 Å². The van der Waals surface area contributed by atoms with Gasteiger partial charge >= 0.3 is 0 Å². The van der Waals surface area contributed by atoms with Gasteiger partial charge in [-0.15, -0.1) is 0 Å². The zero-order chi connectivity index (χ0) is 15.6. The maximum Gasteiger partial charge on any atom is 0.223 e. The van der Waals surface area contributed by atoms with Gasteiger partial charge in [-0.3, -0.25) is 4.79 Å². The lowest BCUT2D eigenvalue weighted by Gasteiger charge is -2.38. The number of carbonyl (C=O) groups is 1. The summed E-state index contributed by atoms with van der Waals surface area (Å²) in [5.74, 6) is 1.27. The first kappa shape index (κ1) is 15.5. The van der Waals surface area contributed by atoms with Crippen LogP contribution in [0.2, 0.25) is 0 Å². The molecule has 122 valence electrons. The van der Waals surface area contributed by atoms with Gasteiger partial charge in [-0.25, -0.2) is 0 Å². The molecule has 0 aromatic carbocycles. The third-order valence-corrected chi connectivity index (χ3v) is 4.93. The molecular weight excluding hydrogens is 282 g/mol. The van der Waals surface area contributed by atoms with Crippen molar-refractivity contribution in [3.63, 3.8) is 0 Å². The van der Waals surface area contributed by atoms with E-state index in [1.165, 1.54) is 19.3 Å². The topological polar surface area (TPSA) is 68.5 Å². The van der Waals surface area contributed by atoms with Crippen LogP contribution in [0.1, 0.15) is 63.2 Å². The highest BCUT2D eigenvalue weighted by molar-refractivity contribution is 5.77.